The number of hydrogen-bond acceptors (Lipinski definition) is 5. The number of carbonyl (C=O) groups is 1. The Bertz CT molecular complexity index is 1230. The molecule has 6 heteroatoms. The number of fused-ring (bicyclic) bond motifs is 1. The number of amides is 1. The number of nitrogens with zero attached hydrogens (tertiary/aromatic N) is 3. The molecule has 0 bridgehead atoms. The van der Waals surface area contributed by atoms with Crippen LogP contribution in [-0.4, -0.2) is 34.7 Å². The Morgan fingerprint density at radius 3 is 2.61 bits per heavy atom. The second-order valence-corrected chi connectivity index (χ2v) is 8.23. The van der Waals surface area contributed by atoms with Gasteiger partial charge in [0.2, 0.25) is 17.7 Å². The Hall–Kier alpha value is -3.67. The first-order valence-corrected chi connectivity index (χ1v) is 11.3. The predicted molar refractivity (Wildman–Crippen MR) is 129 cm³/mol. The van der Waals surface area contributed by atoms with Gasteiger partial charge in [-0.1, -0.05) is 55.0 Å². The van der Waals surface area contributed by atoms with E-state index in [1.807, 2.05) is 56.4 Å². The van der Waals surface area contributed by atoms with Gasteiger partial charge in [-0.05, 0) is 42.3 Å². The van der Waals surface area contributed by atoms with Crippen molar-refractivity contribution in [3.8, 4) is 17.2 Å². The molecule has 4 aromatic rings. The van der Waals surface area contributed by atoms with E-state index in [9.17, 15) is 4.79 Å². The third-order valence-corrected chi connectivity index (χ3v) is 5.60. The second-order valence-electron chi connectivity index (χ2n) is 8.23. The van der Waals surface area contributed by atoms with E-state index in [1.54, 1.807) is 4.90 Å². The smallest absolute Gasteiger partial charge is 0.247 e. The summed E-state index contributed by atoms with van der Waals surface area (Å²) >= 11 is 0. The normalized spacial score (nSPS) is 11.0. The van der Waals surface area contributed by atoms with Crippen LogP contribution in [0.2, 0.25) is 0 Å². The molecule has 0 unspecified atom stereocenters. The van der Waals surface area contributed by atoms with Gasteiger partial charge in [0.05, 0.1) is 6.61 Å². The van der Waals surface area contributed by atoms with Crippen molar-refractivity contribution in [3.05, 3.63) is 77.7 Å². The summed E-state index contributed by atoms with van der Waals surface area (Å²) in [5, 5.41) is 10.5. The fourth-order valence-electron chi connectivity index (χ4n) is 3.72. The van der Waals surface area contributed by atoms with Gasteiger partial charge < -0.3 is 14.1 Å². The van der Waals surface area contributed by atoms with Crippen molar-refractivity contribution in [1.29, 1.82) is 0 Å². The molecule has 4 rings (SSSR count). The highest BCUT2D eigenvalue weighted by atomic mass is 16.5. The van der Waals surface area contributed by atoms with E-state index in [0.29, 0.717) is 37.8 Å². The predicted octanol–water partition coefficient (Wildman–Crippen LogP) is 5.58. The molecule has 0 atom stereocenters. The summed E-state index contributed by atoms with van der Waals surface area (Å²) < 4.78 is 11.8. The van der Waals surface area contributed by atoms with E-state index < -0.39 is 0 Å². The maximum absolute atomic E-state index is 12.9. The first-order valence-electron chi connectivity index (χ1n) is 11.3. The van der Waals surface area contributed by atoms with E-state index >= 15 is 0 Å². The van der Waals surface area contributed by atoms with Crippen LogP contribution >= 0.6 is 0 Å². The fraction of sp³-hybridized carbons (Fsp3) is 0.296. The number of carbonyl (C=O) groups excluding carboxylic acids is 1. The molecular weight excluding hydrogens is 414 g/mol. The van der Waals surface area contributed by atoms with Crippen LogP contribution in [0.25, 0.3) is 22.2 Å². The summed E-state index contributed by atoms with van der Waals surface area (Å²) in [4.78, 5) is 14.6. The van der Waals surface area contributed by atoms with Crippen LogP contribution in [0.3, 0.4) is 0 Å². The molecule has 170 valence electrons. The summed E-state index contributed by atoms with van der Waals surface area (Å²) in [7, 11) is 1.82. The Balaban J connectivity index is 1.43. The molecule has 33 heavy (non-hydrogen) atoms. The Kier molecular flexibility index (Phi) is 7.03. The van der Waals surface area contributed by atoms with Crippen LogP contribution in [0.15, 0.2) is 65.1 Å². The molecule has 6 nitrogen and oxygen atoms in total. The van der Waals surface area contributed by atoms with Crippen molar-refractivity contribution in [2.75, 3.05) is 13.7 Å². The van der Waals surface area contributed by atoms with E-state index in [-0.39, 0.29) is 5.91 Å². The lowest BCUT2D eigenvalue weighted by molar-refractivity contribution is -0.130. The van der Waals surface area contributed by atoms with Crippen molar-refractivity contribution < 1.29 is 13.9 Å². The number of ether oxygens (including phenoxy) is 1. The number of benzene rings is 3. The zero-order valence-corrected chi connectivity index (χ0v) is 19.4. The Morgan fingerprint density at radius 1 is 1.03 bits per heavy atom. The van der Waals surface area contributed by atoms with Crippen LogP contribution < -0.4 is 4.74 Å². The SMILES string of the molecule is CCCOc1ccc2ccccc2c1CN(C)C(=O)CCc1nnc(-c2ccc(C)cc2)o1. The zero-order valence-electron chi connectivity index (χ0n) is 19.4. The minimum atomic E-state index is 0.0134. The standard InChI is InChI=1S/C27H29N3O3/c1-4-17-32-24-14-13-20-7-5-6-8-22(20)23(24)18-30(3)26(31)16-15-25-28-29-27(33-25)21-11-9-19(2)10-12-21/h5-14H,4,15-18H2,1-3H3. The molecule has 0 aliphatic carbocycles. The molecule has 0 saturated heterocycles. The first kappa shape index (κ1) is 22.5. The van der Waals surface area contributed by atoms with Gasteiger partial charge in [0.1, 0.15) is 5.75 Å². The first-order chi connectivity index (χ1) is 16.0. The molecule has 0 fully saturated rings. The van der Waals surface area contributed by atoms with E-state index in [4.69, 9.17) is 9.15 Å². The maximum atomic E-state index is 12.9. The number of hydrogen-bond donors (Lipinski definition) is 0. The highest BCUT2D eigenvalue weighted by molar-refractivity contribution is 5.88. The molecular formula is C27H29N3O3. The second kappa shape index (κ2) is 10.3. The number of aryl methyl sites for hydroxylation is 2. The molecule has 0 N–H and O–H groups in total. The lowest BCUT2D eigenvalue weighted by atomic mass is 10.0. The van der Waals surface area contributed by atoms with E-state index in [2.05, 4.69) is 35.3 Å². The van der Waals surface area contributed by atoms with Gasteiger partial charge in [-0.25, -0.2) is 0 Å². The Morgan fingerprint density at radius 2 is 1.82 bits per heavy atom. The molecule has 0 radical (unpaired) electrons. The summed E-state index contributed by atoms with van der Waals surface area (Å²) in [6.45, 7) is 5.22. The van der Waals surface area contributed by atoms with E-state index in [0.717, 1.165) is 34.1 Å². The van der Waals surface area contributed by atoms with Crippen molar-refractivity contribution >= 4 is 16.7 Å². The van der Waals surface area contributed by atoms with Gasteiger partial charge in [-0.2, -0.15) is 0 Å². The number of rotatable bonds is 9. The summed E-state index contributed by atoms with van der Waals surface area (Å²) in [6, 6.07) is 20.2. The summed E-state index contributed by atoms with van der Waals surface area (Å²) in [6.07, 6.45) is 1.62. The zero-order chi connectivity index (χ0) is 23.2. The molecule has 1 aromatic heterocycles. The topological polar surface area (TPSA) is 68.5 Å². The third kappa shape index (κ3) is 5.40. The quantitative estimate of drug-likeness (QED) is 0.338. The van der Waals surface area contributed by atoms with Crippen LogP contribution in [0.1, 0.15) is 36.8 Å². The minimum Gasteiger partial charge on any atom is -0.493 e. The van der Waals surface area contributed by atoms with Gasteiger partial charge in [0.25, 0.3) is 0 Å². The van der Waals surface area contributed by atoms with Gasteiger partial charge in [0, 0.05) is 37.6 Å². The van der Waals surface area contributed by atoms with Crippen molar-refractivity contribution in [2.45, 2.75) is 39.7 Å². The minimum absolute atomic E-state index is 0.0134. The van der Waals surface area contributed by atoms with Crippen LogP contribution in [0.5, 0.6) is 5.75 Å². The monoisotopic (exact) mass is 443 g/mol. The molecule has 0 spiro atoms. The van der Waals surface area contributed by atoms with Crippen molar-refractivity contribution in [3.63, 3.8) is 0 Å². The molecule has 1 heterocycles. The lowest BCUT2D eigenvalue weighted by Gasteiger charge is -2.21. The Labute approximate surface area is 194 Å². The van der Waals surface area contributed by atoms with Crippen LogP contribution in [0.4, 0.5) is 0 Å². The molecule has 0 aliphatic rings. The van der Waals surface area contributed by atoms with Gasteiger partial charge in [0.15, 0.2) is 0 Å². The lowest BCUT2D eigenvalue weighted by Crippen LogP contribution is -2.26. The average molecular weight is 444 g/mol. The van der Waals surface area contributed by atoms with Gasteiger partial charge in [-0.3, -0.25) is 4.79 Å². The largest absolute Gasteiger partial charge is 0.493 e. The van der Waals surface area contributed by atoms with Crippen molar-refractivity contribution in [1.82, 2.24) is 15.1 Å². The third-order valence-electron chi connectivity index (χ3n) is 5.60. The molecule has 0 saturated carbocycles. The van der Waals surface area contributed by atoms with Crippen molar-refractivity contribution in [2.24, 2.45) is 0 Å². The van der Waals surface area contributed by atoms with Gasteiger partial charge >= 0.3 is 0 Å². The summed E-state index contributed by atoms with van der Waals surface area (Å²) in [5.74, 6) is 1.78. The highest BCUT2D eigenvalue weighted by Crippen LogP contribution is 2.29. The maximum Gasteiger partial charge on any atom is 0.247 e. The van der Waals surface area contributed by atoms with Crippen LogP contribution in [-0.2, 0) is 17.8 Å². The molecule has 1 amide bonds. The summed E-state index contributed by atoms with van der Waals surface area (Å²) in [5.41, 5.74) is 3.07. The number of aromatic nitrogens is 2. The van der Waals surface area contributed by atoms with Crippen LogP contribution in [0, 0.1) is 6.92 Å². The molecule has 3 aromatic carbocycles. The molecule has 0 aliphatic heterocycles. The van der Waals surface area contributed by atoms with Gasteiger partial charge in [-0.15, -0.1) is 10.2 Å². The highest BCUT2D eigenvalue weighted by Gasteiger charge is 2.17. The fourth-order valence-corrected chi connectivity index (χ4v) is 3.72. The van der Waals surface area contributed by atoms with E-state index in [1.165, 1.54) is 5.56 Å². The average Bonchev–Trinajstić information content (AvgIpc) is 3.31.